The maximum atomic E-state index is 5.18. The van der Waals surface area contributed by atoms with E-state index in [0.29, 0.717) is 0 Å². The first-order valence-corrected chi connectivity index (χ1v) is 3.60. The highest BCUT2D eigenvalue weighted by molar-refractivity contribution is 5.98. The summed E-state index contributed by atoms with van der Waals surface area (Å²) in [5, 5.41) is 3.16. The Kier molecular flexibility index (Phi) is 2.48. The lowest BCUT2D eigenvalue weighted by molar-refractivity contribution is -0.0915. The fraction of sp³-hybridized carbons (Fsp3) is 1.00. The predicted octanol–water partition coefficient (Wildman–Crippen LogP) is -1.77. The Morgan fingerprint density at radius 2 is 2.62 bits per heavy atom. The second-order valence-corrected chi connectivity index (χ2v) is 2.21. The molecule has 1 unspecified atom stereocenters. The number of morpholine rings is 1. The van der Waals surface area contributed by atoms with Crippen LogP contribution in [0.3, 0.4) is 0 Å². The topological polar surface area (TPSA) is 30.5 Å². The van der Waals surface area contributed by atoms with Crippen molar-refractivity contribution in [3.8, 4) is 0 Å². The van der Waals surface area contributed by atoms with Gasteiger partial charge in [0, 0.05) is 13.1 Å². The van der Waals surface area contributed by atoms with E-state index in [4.69, 9.17) is 9.16 Å². The molecule has 48 valence electrons. The highest BCUT2D eigenvalue weighted by Gasteiger charge is 2.09. The molecule has 1 aliphatic rings. The van der Waals surface area contributed by atoms with Gasteiger partial charge in [0.25, 0.3) is 0 Å². The molecule has 1 N–H and O–H groups in total. The van der Waals surface area contributed by atoms with E-state index in [1.54, 1.807) is 0 Å². The number of hydrogen-bond donors (Lipinski definition) is 1. The first-order valence-electron chi connectivity index (χ1n) is 2.78. The van der Waals surface area contributed by atoms with Gasteiger partial charge in [0.05, 0.1) is 6.61 Å². The van der Waals surface area contributed by atoms with E-state index >= 15 is 0 Å². The second-order valence-electron chi connectivity index (χ2n) is 1.74. The van der Waals surface area contributed by atoms with Gasteiger partial charge >= 0.3 is 0 Å². The molecule has 0 aromatic rings. The zero-order valence-electron chi connectivity index (χ0n) is 5.02. The first-order chi connectivity index (χ1) is 3.93. The summed E-state index contributed by atoms with van der Waals surface area (Å²) in [6, 6.07) is 0. The van der Waals surface area contributed by atoms with Crippen LogP contribution < -0.4 is 5.32 Å². The summed E-state index contributed by atoms with van der Waals surface area (Å²) in [5.41, 5.74) is 0. The van der Waals surface area contributed by atoms with Crippen LogP contribution in [-0.2, 0) is 9.16 Å². The van der Waals surface area contributed by atoms with E-state index < -0.39 is 0 Å². The van der Waals surface area contributed by atoms with Crippen molar-refractivity contribution in [1.29, 1.82) is 0 Å². The lowest BCUT2D eigenvalue weighted by Crippen LogP contribution is -2.39. The second kappa shape index (κ2) is 3.19. The number of ether oxygens (including phenoxy) is 1. The van der Waals surface area contributed by atoms with Gasteiger partial charge in [-0.2, -0.15) is 0 Å². The smallest absolute Gasteiger partial charge is 0.159 e. The largest absolute Gasteiger partial charge is 0.403 e. The Balaban J connectivity index is 2.13. The van der Waals surface area contributed by atoms with Gasteiger partial charge in [0.1, 0.15) is 10.5 Å². The van der Waals surface area contributed by atoms with Crippen LogP contribution in [0, 0.1) is 0 Å². The summed E-state index contributed by atoms with van der Waals surface area (Å²) in [6.07, 6.45) is 0.0374. The maximum Gasteiger partial charge on any atom is 0.159 e. The van der Waals surface area contributed by atoms with Crippen LogP contribution in [0.4, 0.5) is 0 Å². The minimum atomic E-state index is 0.0374. The lowest BCUT2D eigenvalue weighted by atomic mass is 10.5. The molecule has 1 fully saturated rings. The van der Waals surface area contributed by atoms with E-state index in [1.807, 2.05) is 0 Å². The molecule has 0 aliphatic carbocycles. The maximum absolute atomic E-state index is 5.18. The molecule has 1 heterocycles. The Bertz CT molecular complexity index is 65.1. The summed E-state index contributed by atoms with van der Waals surface area (Å²) in [5.74, 6) is 0. The van der Waals surface area contributed by atoms with Crippen molar-refractivity contribution in [1.82, 2.24) is 5.32 Å². The Morgan fingerprint density at radius 1 is 1.75 bits per heavy atom. The molecule has 0 saturated carbocycles. The van der Waals surface area contributed by atoms with Crippen molar-refractivity contribution in [3.63, 3.8) is 0 Å². The molecule has 1 rings (SSSR count). The predicted molar refractivity (Wildman–Crippen MR) is 33.6 cm³/mol. The minimum absolute atomic E-state index is 0.0374. The molecule has 1 atom stereocenters. The average molecular weight is 133 g/mol. The summed E-state index contributed by atoms with van der Waals surface area (Å²) in [7, 11) is 0.765. The molecule has 8 heavy (non-hydrogen) atoms. The third-order valence-electron chi connectivity index (χ3n) is 1.16. The average Bonchev–Trinajstić information content (AvgIpc) is 1.90. The van der Waals surface area contributed by atoms with E-state index in [2.05, 4.69) is 5.32 Å². The molecule has 0 bridgehead atoms. The third kappa shape index (κ3) is 1.55. The Hall–Kier alpha value is 0.0969. The molecule has 0 spiro atoms. The fourth-order valence-corrected chi connectivity index (χ4v) is 0.996. The van der Waals surface area contributed by atoms with E-state index in [-0.39, 0.29) is 6.29 Å². The van der Waals surface area contributed by atoms with Gasteiger partial charge in [-0.25, -0.2) is 0 Å². The quantitative estimate of drug-likeness (QED) is 0.429. The minimum Gasteiger partial charge on any atom is -0.403 e. The van der Waals surface area contributed by atoms with E-state index in [9.17, 15) is 0 Å². The summed E-state index contributed by atoms with van der Waals surface area (Å²) in [6.45, 7) is 2.60. The first kappa shape index (κ1) is 6.22. The molecule has 0 radical (unpaired) electrons. The monoisotopic (exact) mass is 133 g/mol. The number of hydrogen-bond acceptors (Lipinski definition) is 3. The lowest BCUT2D eigenvalue weighted by Gasteiger charge is -2.22. The molecular formula is C4H11NO2Si. The highest BCUT2D eigenvalue weighted by Crippen LogP contribution is 1.93. The molecule has 4 heteroatoms. The number of nitrogens with one attached hydrogen (secondary N) is 1. The molecular weight excluding hydrogens is 122 g/mol. The van der Waals surface area contributed by atoms with Crippen molar-refractivity contribution >= 4 is 10.5 Å². The molecule has 0 aromatic carbocycles. The van der Waals surface area contributed by atoms with Crippen molar-refractivity contribution in [3.05, 3.63) is 0 Å². The van der Waals surface area contributed by atoms with Gasteiger partial charge in [-0.05, 0) is 0 Å². The van der Waals surface area contributed by atoms with Gasteiger partial charge < -0.3 is 14.5 Å². The van der Waals surface area contributed by atoms with Crippen LogP contribution >= 0.6 is 0 Å². The number of rotatable bonds is 1. The Labute approximate surface area is 51.9 Å². The van der Waals surface area contributed by atoms with Crippen molar-refractivity contribution in [2.24, 2.45) is 0 Å². The molecule has 0 aromatic heterocycles. The van der Waals surface area contributed by atoms with Crippen molar-refractivity contribution < 1.29 is 9.16 Å². The van der Waals surface area contributed by atoms with Crippen LogP contribution in [0.15, 0.2) is 0 Å². The molecule has 1 aliphatic heterocycles. The van der Waals surface area contributed by atoms with E-state index in [0.717, 1.165) is 30.2 Å². The molecule has 1 saturated heterocycles. The van der Waals surface area contributed by atoms with Gasteiger partial charge in [0.2, 0.25) is 0 Å². The molecule has 3 nitrogen and oxygen atoms in total. The van der Waals surface area contributed by atoms with Crippen molar-refractivity contribution in [2.75, 3.05) is 19.7 Å². The van der Waals surface area contributed by atoms with Crippen LogP contribution in [0.2, 0.25) is 0 Å². The van der Waals surface area contributed by atoms with E-state index in [1.165, 1.54) is 0 Å². The van der Waals surface area contributed by atoms with Gasteiger partial charge in [-0.1, -0.05) is 0 Å². The Morgan fingerprint density at radius 3 is 3.00 bits per heavy atom. The summed E-state index contributed by atoms with van der Waals surface area (Å²) >= 11 is 0. The third-order valence-corrected chi connectivity index (χ3v) is 1.68. The fourth-order valence-electron chi connectivity index (χ4n) is 0.693. The summed E-state index contributed by atoms with van der Waals surface area (Å²) < 4.78 is 10.2. The van der Waals surface area contributed by atoms with Crippen LogP contribution in [0.5, 0.6) is 0 Å². The van der Waals surface area contributed by atoms with Crippen LogP contribution in [0.25, 0.3) is 0 Å². The highest BCUT2D eigenvalue weighted by atomic mass is 28.2. The SMILES string of the molecule is [SiH3]OC1CNCCO1. The van der Waals surface area contributed by atoms with Gasteiger partial charge in [-0.3, -0.25) is 0 Å². The van der Waals surface area contributed by atoms with Crippen LogP contribution in [0.1, 0.15) is 0 Å². The molecule has 0 amide bonds. The van der Waals surface area contributed by atoms with Crippen LogP contribution in [-0.4, -0.2) is 36.5 Å². The van der Waals surface area contributed by atoms with Gasteiger partial charge in [-0.15, -0.1) is 0 Å². The normalized spacial score (nSPS) is 30.8. The van der Waals surface area contributed by atoms with Gasteiger partial charge in [0.15, 0.2) is 6.29 Å². The zero-order chi connectivity index (χ0) is 5.82. The zero-order valence-corrected chi connectivity index (χ0v) is 7.02. The standard InChI is InChI=1S/C4H11NO2Si/c8-7-4-3-5-1-2-6-4/h4-5H,1-3H2,8H3. The van der Waals surface area contributed by atoms with Crippen molar-refractivity contribution in [2.45, 2.75) is 6.29 Å². The summed E-state index contributed by atoms with van der Waals surface area (Å²) in [4.78, 5) is 0.